The second kappa shape index (κ2) is 10.8. The Labute approximate surface area is 209 Å². The van der Waals surface area contributed by atoms with Crippen LogP contribution in [0.2, 0.25) is 0 Å². The largest absolute Gasteiger partial charge is 0.368 e. The highest BCUT2D eigenvalue weighted by molar-refractivity contribution is 7.98. The summed E-state index contributed by atoms with van der Waals surface area (Å²) in [4.78, 5) is 19.5. The minimum absolute atomic E-state index is 0.114. The van der Waals surface area contributed by atoms with Gasteiger partial charge >= 0.3 is 0 Å². The van der Waals surface area contributed by atoms with Gasteiger partial charge in [-0.1, -0.05) is 42.1 Å². The zero-order valence-electron chi connectivity index (χ0n) is 20.0. The first-order valence-corrected chi connectivity index (χ1v) is 13.2. The van der Waals surface area contributed by atoms with Crippen LogP contribution in [0.15, 0.2) is 59.8 Å². The quantitative estimate of drug-likeness (QED) is 0.467. The lowest BCUT2D eigenvalue weighted by atomic mass is 10.2. The van der Waals surface area contributed by atoms with Crippen LogP contribution in [-0.2, 0) is 17.6 Å². The zero-order chi connectivity index (χ0) is 24.2. The van der Waals surface area contributed by atoms with Crippen LogP contribution < -0.4 is 4.90 Å². The lowest BCUT2D eigenvalue weighted by molar-refractivity contribution is -0.133. The molecule has 35 heavy (non-hydrogen) atoms. The number of carbonyl (C=O) groups is 1. The molecular weight excluding hydrogens is 463 g/mol. The molecule has 2 aliphatic rings. The molecule has 2 aromatic carbocycles. The summed E-state index contributed by atoms with van der Waals surface area (Å²) in [6.45, 7) is 4.17. The molecule has 9 heteroatoms. The van der Waals surface area contributed by atoms with E-state index in [0.29, 0.717) is 19.6 Å². The van der Waals surface area contributed by atoms with Crippen molar-refractivity contribution < 1.29 is 9.18 Å². The molecule has 7 nitrogen and oxygen atoms in total. The highest BCUT2D eigenvalue weighted by atomic mass is 32.2. The molecule has 0 aliphatic carbocycles. The second-order valence-corrected chi connectivity index (χ2v) is 10.1. The minimum atomic E-state index is -0.229. The summed E-state index contributed by atoms with van der Waals surface area (Å²) in [6, 6.07) is 17.0. The van der Waals surface area contributed by atoms with Crippen LogP contribution in [-0.4, -0.2) is 69.7 Å². The van der Waals surface area contributed by atoms with Crippen molar-refractivity contribution in [2.24, 2.45) is 7.05 Å². The maximum Gasteiger partial charge on any atom is 0.236 e. The number of piperazine rings is 1. The molecular formula is C26H31FN6OS. The van der Waals surface area contributed by atoms with E-state index in [4.69, 9.17) is 0 Å². The molecule has 1 atom stereocenters. The maximum absolute atomic E-state index is 13.2. The van der Waals surface area contributed by atoms with Gasteiger partial charge in [0.2, 0.25) is 5.91 Å². The van der Waals surface area contributed by atoms with E-state index in [-0.39, 0.29) is 17.8 Å². The summed E-state index contributed by atoms with van der Waals surface area (Å²) >= 11 is 1.69. The standard InChI is InChI=1S/C26H31FN6OS/c1-30-25(28-29-26(30)35-19-20-6-3-2-4-7-20)23-8-5-13-33(23)18-24(34)32-16-14-31(15-17-32)22-11-9-21(27)10-12-22/h2-4,6-7,9-12,23H,5,8,13-19H2,1H3/t23-/m1/s1. The number of hydrogen-bond donors (Lipinski definition) is 0. The van der Waals surface area contributed by atoms with E-state index >= 15 is 0 Å². The van der Waals surface area contributed by atoms with Gasteiger partial charge in [-0.3, -0.25) is 9.69 Å². The third-order valence-electron chi connectivity index (χ3n) is 6.90. The highest BCUT2D eigenvalue weighted by Crippen LogP contribution is 2.32. The third-order valence-corrected chi connectivity index (χ3v) is 7.99. The number of carbonyl (C=O) groups excluding carboxylic acids is 1. The normalized spacial score (nSPS) is 18.9. The number of amides is 1. The summed E-state index contributed by atoms with van der Waals surface area (Å²) in [5.41, 5.74) is 2.26. The van der Waals surface area contributed by atoms with Crippen molar-refractivity contribution in [3.05, 3.63) is 71.8 Å². The summed E-state index contributed by atoms with van der Waals surface area (Å²) in [7, 11) is 2.02. The summed E-state index contributed by atoms with van der Waals surface area (Å²) in [6.07, 6.45) is 2.04. The Morgan fingerprint density at radius 3 is 2.49 bits per heavy atom. The van der Waals surface area contributed by atoms with Gasteiger partial charge in [0.25, 0.3) is 0 Å². The number of halogens is 1. The van der Waals surface area contributed by atoms with Crippen LogP contribution >= 0.6 is 11.8 Å². The average Bonchev–Trinajstić information content (AvgIpc) is 3.49. The molecule has 0 N–H and O–H groups in total. The number of anilines is 1. The number of benzene rings is 2. The molecule has 0 spiro atoms. The summed E-state index contributed by atoms with van der Waals surface area (Å²) < 4.78 is 15.3. The second-order valence-electron chi connectivity index (χ2n) is 9.15. The predicted molar refractivity (Wildman–Crippen MR) is 136 cm³/mol. The lowest BCUT2D eigenvalue weighted by Gasteiger charge is -2.37. The fourth-order valence-corrected chi connectivity index (χ4v) is 5.79. The number of hydrogen-bond acceptors (Lipinski definition) is 6. The maximum atomic E-state index is 13.2. The van der Waals surface area contributed by atoms with Gasteiger partial charge in [0.15, 0.2) is 11.0 Å². The van der Waals surface area contributed by atoms with Crippen molar-refractivity contribution in [1.29, 1.82) is 0 Å². The molecule has 3 heterocycles. The molecule has 2 saturated heterocycles. The Morgan fingerprint density at radius 1 is 1.00 bits per heavy atom. The molecule has 1 aromatic heterocycles. The lowest BCUT2D eigenvalue weighted by Crippen LogP contribution is -2.51. The Hall–Kier alpha value is -2.91. The molecule has 1 amide bonds. The van der Waals surface area contributed by atoms with Crippen LogP contribution in [0.1, 0.15) is 30.3 Å². The van der Waals surface area contributed by atoms with Crippen LogP contribution in [0.4, 0.5) is 10.1 Å². The number of thioether (sulfide) groups is 1. The van der Waals surface area contributed by atoms with Gasteiger partial charge < -0.3 is 14.4 Å². The third kappa shape index (κ3) is 5.51. The van der Waals surface area contributed by atoms with E-state index in [1.807, 2.05) is 30.1 Å². The van der Waals surface area contributed by atoms with Gasteiger partial charge in [0.05, 0.1) is 12.6 Å². The number of aromatic nitrogens is 3. The van der Waals surface area contributed by atoms with E-state index in [1.54, 1.807) is 23.9 Å². The van der Waals surface area contributed by atoms with E-state index in [0.717, 1.165) is 54.9 Å². The first-order chi connectivity index (χ1) is 17.1. The molecule has 0 bridgehead atoms. The number of nitrogens with zero attached hydrogens (tertiary/aromatic N) is 6. The minimum Gasteiger partial charge on any atom is -0.368 e. The SMILES string of the molecule is Cn1c(SCc2ccccc2)nnc1[C@H]1CCCN1CC(=O)N1CCN(c2ccc(F)cc2)CC1. The Kier molecular flexibility index (Phi) is 7.34. The van der Waals surface area contributed by atoms with Crippen molar-refractivity contribution in [2.45, 2.75) is 29.8 Å². The average molecular weight is 495 g/mol. The summed E-state index contributed by atoms with van der Waals surface area (Å²) in [5, 5.41) is 9.87. The Morgan fingerprint density at radius 2 is 1.74 bits per heavy atom. The van der Waals surface area contributed by atoms with E-state index in [1.165, 1.54) is 17.7 Å². The first-order valence-electron chi connectivity index (χ1n) is 12.2. The molecule has 0 saturated carbocycles. The van der Waals surface area contributed by atoms with Crippen LogP contribution in [0.5, 0.6) is 0 Å². The summed E-state index contributed by atoms with van der Waals surface area (Å²) in [5.74, 6) is 1.72. The van der Waals surface area contributed by atoms with Crippen LogP contribution in [0.3, 0.4) is 0 Å². The van der Waals surface area contributed by atoms with Gasteiger partial charge in [-0.25, -0.2) is 4.39 Å². The molecule has 0 radical (unpaired) electrons. The Balaban J connectivity index is 1.16. The fraction of sp³-hybridized carbons (Fsp3) is 0.423. The van der Waals surface area contributed by atoms with Gasteiger partial charge in [0.1, 0.15) is 5.82 Å². The van der Waals surface area contributed by atoms with Crippen molar-refractivity contribution in [3.8, 4) is 0 Å². The molecule has 0 unspecified atom stereocenters. The molecule has 3 aromatic rings. The highest BCUT2D eigenvalue weighted by Gasteiger charge is 2.33. The monoisotopic (exact) mass is 494 g/mol. The van der Waals surface area contributed by atoms with Crippen molar-refractivity contribution in [2.75, 3.05) is 44.2 Å². The molecule has 2 aliphatic heterocycles. The van der Waals surface area contributed by atoms with Crippen molar-refractivity contribution in [3.63, 3.8) is 0 Å². The Bertz CT molecular complexity index is 1130. The fourth-order valence-electron chi connectivity index (χ4n) is 4.91. The predicted octanol–water partition coefficient (Wildman–Crippen LogP) is 3.73. The van der Waals surface area contributed by atoms with Crippen molar-refractivity contribution >= 4 is 23.4 Å². The number of rotatable bonds is 7. The van der Waals surface area contributed by atoms with Gasteiger partial charge in [-0.05, 0) is 49.2 Å². The van der Waals surface area contributed by atoms with E-state index < -0.39 is 0 Å². The molecule has 184 valence electrons. The van der Waals surface area contributed by atoms with Crippen LogP contribution in [0, 0.1) is 5.82 Å². The number of likely N-dealkylation sites (tertiary alicyclic amines) is 1. The van der Waals surface area contributed by atoms with Gasteiger partial charge in [-0.2, -0.15) is 0 Å². The molecule has 2 fully saturated rings. The smallest absolute Gasteiger partial charge is 0.236 e. The van der Waals surface area contributed by atoms with Gasteiger partial charge in [-0.15, -0.1) is 10.2 Å². The van der Waals surface area contributed by atoms with E-state index in [2.05, 4.69) is 36.7 Å². The van der Waals surface area contributed by atoms with Crippen LogP contribution in [0.25, 0.3) is 0 Å². The zero-order valence-corrected chi connectivity index (χ0v) is 20.8. The van der Waals surface area contributed by atoms with Gasteiger partial charge in [0, 0.05) is 44.7 Å². The first kappa shape index (κ1) is 23.8. The topological polar surface area (TPSA) is 57.5 Å². The van der Waals surface area contributed by atoms with E-state index in [9.17, 15) is 9.18 Å². The molecule has 5 rings (SSSR count). The van der Waals surface area contributed by atoms with Crippen molar-refractivity contribution in [1.82, 2.24) is 24.6 Å².